The third-order valence-electron chi connectivity index (χ3n) is 2.51. The van der Waals surface area contributed by atoms with E-state index in [2.05, 4.69) is 10.2 Å². The average molecular weight is 228 g/mol. The Kier molecular flexibility index (Phi) is 3.28. The number of nitrogens with zero attached hydrogens (tertiary/aromatic N) is 2. The van der Waals surface area contributed by atoms with Crippen molar-refractivity contribution >= 4 is 5.83 Å². The summed E-state index contributed by atoms with van der Waals surface area (Å²) in [6.45, 7) is 3.57. The fraction of sp³-hybridized carbons (Fsp3) is 0.143. The lowest BCUT2D eigenvalue weighted by Gasteiger charge is -2.02. The zero-order chi connectivity index (χ0) is 12.3. The molecular weight excluding hydrogens is 215 g/mol. The molecule has 17 heavy (non-hydrogen) atoms. The maximum Gasteiger partial charge on any atom is 0.126 e. The topological polar surface area (TPSA) is 25.8 Å². The van der Waals surface area contributed by atoms with Crippen molar-refractivity contribution in [3.8, 4) is 11.3 Å². The Morgan fingerprint density at radius 2 is 1.76 bits per heavy atom. The van der Waals surface area contributed by atoms with Gasteiger partial charge < -0.3 is 0 Å². The Hall–Kier alpha value is -2.03. The summed E-state index contributed by atoms with van der Waals surface area (Å²) in [7, 11) is 0. The van der Waals surface area contributed by atoms with Crippen LogP contribution in [-0.2, 0) is 0 Å². The van der Waals surface area contributed by atoms with E-state index in [1.54, 1.807) is 19.1 Å². The smallest absolute Gasteiger partial charge is 0.126 e. The molecule has 2 rings (SSSR count). The van der Waals surface area contributed by atoms with Gasteiger partial charge in [-0.25, -0.2) is 4.39 Å². The van der Waals surface area contributed by atoms with Crippen molar-refractivity contribution in [2.24, 2.45) is 0 Å². The first-order chi connectivity index (χ1) is 8.20. The van der Waals surface area contributed by atoms with Gasteiger partial charge in [0.1, 0.15) is 5.83 Å². The normalized spacial score (nSPS) is 11.6. The molecule has 0 spiro atoms. The molecule has 0 atom stereocenters. The molecule has 3 heteroatoms. The summed E-state index contributed by atoms with van der Waals surface area (Å²) in [5, 5.41) is 8.08. The number of hydrogen-bond acceptors (Lipinski definition) is 2. The first-order valence-electron chi connectivity index (χ1n) is 5.43. The standard InChI is InChI=1S/C14H13FN2/c1-3-13(15)11-5-7-12(8-6-11)14-9-4-10(2)16-17-14/h3-9H,1-2H3/b13-3-. The molecule has 0 aliphatic carbocycles. The van der Waals surface area contributed by atoms with Crippen LogP contribution in [0.1, 0.15) is 18.2 Å². The second-order valence-corrected chi connectivity index (χ2v) is 3.77. The maximum atomic E-state index is 13.3. The number of allylic oxidation sites excluding steroid dienone is 1. The first-order valence-corrected chi connectivity index (χ1v) is 5.43. The molecule has 0 aliphatic rings. The van der Waals surface area contributed by atoms with Gasteiger partial charge >= 0.3 is 0 Å². The maximum absolute atomic E-state index is 13.3. The van der Waals surface area contributed by atoms with Crippen LogP contribution < -0.4 is 0 Å². The van der Waals surface area contributed by atoms with Crippen LogP contribution in [0.5, 0.6) is 0 Å². The molecule has 0 saturated heterocycles. The molecule has 1 heterocycles. The van der Waals surface area contributed by atoms with Gasteiger partial charge in [-0.3, -0.25) is 0 Å². The second-order valence-electron chi connectivity index (χ2n) is 3.77. The molecule has 0 unspecified atom stereocenters. The Morgan fingerprint density at radius 3 is 2.29 bits per heavy atom. The summed E-state index contributed by atoms with van der Waals surface area (Å²) in [5.41, 5.74) is 3.19. The Balaban J connectivity index is 2.32. The quantitative estimate of drug-likeness (QED) is 0.781. The Morgan fingerprint density at radius 1 is 1.06 bits per heavy atom. The fourth-order valence-electron chi connectivity index (χ4n) is 1.52. The first kappa shape index (κ1) is 11.5. The van der Waals surface area contributed by atoms with Crippen LogP contribution in [0.15, 0.2) is 42.5 Å². The van der Waals surface area contributed by atoms with E-state index in [-0.39, 0.29) is 5.83 Å². The van der Waals surface area contributed by atoms with E-state index in [1.807, 2.05) is 31.2 Å². The molecule has 1 aromatic carbocycles. The minimum absolute atomic E-state index is 0.216. The van der Waals surface area contributed by atoms with Gasteiger partial charge in [0.05, 0.1) is 11.4 Å². The molecule has 0 fully saturated rings. The third kappa shape index (κ3) is 2.56. The van der Waals surface area contributed by atoms with E-state index < -0.39 is 0 Å². The van der Waals surface area contributed by atoms with Crippen LogP contribution in [0.2, 0.25) is 0 Å². The van der Waals surface area contributed by atoms with Crippen LogP contribution in [0, 0.1) is 6.92 Å². The molecule has 0 bridgehead atoms. The summed E-state index contributed by atoms with van der Waals surface area (Å²) in [6.07, 6.45) is 1.45. The zero-order valence-electron chi connectivity index (χ0n) is 9.81. The molecular formula is C14H13FN2. The van der Waals surface area contributed by atoms with Crippen molar-refractivity contribution in [3.63, 3.8) is 0 Å². The van der Waals surface area contributed by atoms with Crippen LogP contribution in [-0.4, -0.2) is 10.2 Å². The average Bonchev–Trinajstić information content (AvgIpc) is 2.39. The molecule has 0 saturated carbocycles. The van der Waals surface area contributed by atoms with Crippen molar-refractivity contribution in [2.75, 3.05) is 0 Å². The molecule has 0 N–H and O–H groups in total. The second kappa shape index (κ2) is 4.87. The minimum atomic E-state index is -0.216. The van der Waals surface area contributed by atoms with E-state index in [0.717, 1.165) is 17.0 Å². The van der Waals surface area contributed by atoms with Gasteiger partial charge in [-0.2, -0.15) is 10.2 Å². The highest BCUT2D eigenvalue weighted by molar-refractivity contribution is 5.65. The largest absolute Gasteiger partial charge is 0.207 e. The van der Waals surface area contributed by atoms with Crippen LogP contribution >= 0.6 is 0 Å². The van der Waals surface area contributed by atoms with Gasteiger partial charge in [-0.05, 0) is 26.0 Å². The summed E-state index contributed by atoms with van der Waals surface area (Å²) < 4.78 is 13.3. The summed E-state index contributed by atoms with van der Waals surface area (Å²) >= 11 is 0. The molecule has 0 amide bonds. The number of aromatic nitrogens is 2. The highest BCUT2D eigenvalue weighted by atomic mass is 19.1. The number of hydrogen-bond donors (Lipinski definition) is 0. The lowest BCUT2D eigenvalue weighted by molar-refractivity contribution is 0.758. The summed E-state index contributed by atoms with van der Waals surface area (Å²) in [6, 6.07) is 11.0. The van der Waals surface area contributed by atoms with Gasteiger partial charge in [-0.1, -0.05) is 30.3 Å². The fourth-order valence-corrected chi connectivity index (χ4v) is 1.52. The number of halogens is 1. The third-order valence-corrected chi connectivity index (χ3v) is 2.51. The van der Waals surface area contributed by atoms with Crippen molar-refractivity contribution in [2.45, 2.75) is 13.8 Å². The van der Waals surface area contributed by atoms with Crippen molar-refractivity contribution in [3.05, 3.63) is 53.7 Å². The van der Waals surface area contributed by atoms with Crippen LogP contribution in [0.25, 0.3) is 17.1 Å². The van der Waals surface area contributed by atoms with E-state index in [9.17, 15) is 4.39 Å². The van der Waals surface area contributed by atoms with Crippen molar-refractivity contribution in [1.29, 1.82) is 0 Å². The minimum Gasteiger partial charge on any atom is -0.207 e. The van der Waals surface area contributed by atoms with E-state index in [4.69, 9.17) is 0 Å². The van der Waals surface area contributed by atoms with E-state index in [1.165, 1.54) is 6.08 Å². The summed E-state index contributed by atoms with van der Waals surface area (Å²) in [5.74, 6) is -0.216. The van der Waals surface area contributed by atoms with Crippen LogP contribution in [0.3, 0.4) is 0 Å². The monoisotopic (exact) mass is 228 g/mol. The number of rotatable bonds is 2. The Labute approximate surface area is 99.8 Å². The van der Waals surface area contributed by atoms with Crippen molar-refractivity contribution in [1.82, 2.24) is 10.2 Å². The number of benzene rings is 1. The molecule has 0 aliphatic heterocycles. The highest BCUT2D eigenvalue weighted by Gasteiger charge is 2.02. The molecule has 2 aromatic rings. The van der Waals surface area contributed by atoms with Gasteiger partial charge in [0.25, 0.3) is 0 Å². The lowest BCUT2D eigenvalue weighted by Crippen LogP contribution is -1.89. The Bertz CT molecular complexity index is 527. The molecule has 86 valence electrons. The van der Waals surface area contributed by atoms with Crippen molar-refractivity contribution < 1.29 is 4.39 Å². The van der Waals surface area contributed by atoms with E-state index >= 15 is 0 Å². The van der Waals surface area contributed by atoms with Crippen LogP contribution in [0.4, 0.5) is 4.39 Å². The molecule has 2 nitrogen and oxygen atoms in total. The van der Waals surface area contributed by atoms with Gasteiger partial charge in [-0.15, -0.1) is 0 Å². The van der Waals surface area contributed by atoms with Gasteiger partial charge in [0.15, 0.2) is 0 Å². The van der Waals surface area contributed by atoms with E-state index in [0.29, 0.717) is 5.56 Å². The predicted octanol–water partition coefficient (Wildman–Crippen LogP) is 3.78. The van der Waals surface area contributed by atoms with Gasteiger partial charge in [0, 0.05) is 11.1 Å². The summed E-state index contributed by atoms with van der Waals surface area (Å²) in [4.78, 5) is 0. The SMILES string of the molecule is C/C=C(\F)c1ccc(-c2ccc(C)nn2)cc1. The number of aryl methyl sites for hydroxylation is 1. The lowest BCUT2D eigenvalue weighted by atomic mass is 10.1. The van der Waals surface area contributed by atoms with Gasteiger partial charge in [0.2, 0.25) is 0 Å². The predicted molar refractivity (Wildman–Crippen MR) is 67.0 cm³/mol. The zero-order valence-corrected chi connectivity index (χ0v) is 9.81. The molecule has 0 radical (unpaired) electrons. The molecule has 1 aromatic heterocycles. The highest BCUT2D eigenvalue weighted by Crippen LogP contribution is 2.21.